The Bertz CT molecular complexity index is 433. The molecular weight excluding hydrogens is 288 g/mol. The molecule has 0 unspecified atom stereocenters. The minimum Gasteiger partial charge on any atom is -0.316 e. The molecule has 0 saturated heterocycles. The molecule has 0 spiro atoms. The first kappa shape index (κ1) is 15.2. The van der Waals surface area contributed by atoms with Crippen molar-refractivity contribution < 1.29 is 0 Å². The SMILES string of the molecule is Cc1ccc(Br)cc1C(C)(C)CNCCCC#N. The zero-order chi connectivity index (χ0) is 13.6. The van der Waals surface area contributed by atoms with Crippen LogP contribution in [0.1, 0.15) is 37.8 Å². The number of halogens is 1. The molecule has 1 rings (SSSR count). The van der Waals surface area contributed by atoms with Crippen LogP contribution in [0, 0.1) is 18.3 Å². The minimum absolute atomic E-state index is 0.0977. The highest BCUT2D eigenvalue weighted by Gasteiger charge is 2.22. The Hall–Kier alpha value is -0.850. The molecule has 1 aromatic carbocycles. The number of nitriles is 1. The molecule has 18 heavy (non-hydrogen) atoms. The first-order chi connectivity index (χ1) is 8.47. The van der Waals surface area contributed by atoms with Crippen LogP contribution in [0.5, 0.6) is 0 Å². The van der Waals surface area contributed by atoms with E-state index >= 15 is 0 Å². The monoisotopic (exact) mass is 308 g/mol. The first-order valence-corrected chi connectivity index (χ1v) is 7.11. The van der Waals surface area contributed by atoms with E-state index in [-0.39, 0.29) is 5.41 Å². The maximum absolute atomic E-state index is 8.49. The number of benzene rings is 1. The van der Waals surface area contributed by atoms with Gasteiger partial charge in [-0.15, -0.1) is 0 Å². The van der Waals surface area contributed by atoms with E-state index in [1.807, 2.05) is 0 Å². The van der Waals surface area contributed by atoms with Crippen molar-refractivity contribution in [3.05, 3.63) is 33.8 Å². The first-order valence-electron chi connectivity index (χ1n) is 6.31. The van der Waals surface area contributed by atoms with Crippen molar-refractivity contribution in [2.45, 2.75) is 39.0 Å². The lowest BCUT2D eigenvalue weighted by Crippen LogP contribution is -2.34. The van der Waals surface area contributed by atoms with E-state index in [4.69, 9.17) is 5.26 Å². The number of hydrogen-bond donors (Lipinski definition) is 1. The molecule has 0 aliphatic rings. The van der Waals surface area contributed by atoms with Crippen LogP contribution in [0.2, 0.25) is 0 Å². The maximum Gasteiger partial charge on any atom is 0.0622 e. The molecule has 0 radical (unpaired) electrons. The van der Waals surface area contributed by atoms with Crippen LogP contribution in [0.15, 0.2) is 22.7 Å². The van der Waals surface area contributed by atoms with Crippen molar-refractivity contribution in [2.75, 3.05) is 13.1 Å². The van der Waals surface area contributed by atoms with Crippen molar-refractivity contribution in [1.82, 2.24) is 5.32 Å². The molecule has 0 atom stereocenters. The zero-order valence-corrected chi connectivity index (χ0v) is 13.0. The van der Waals surface area contributed by atoms with Crippen molar-refractivity contribution in [3.8, 4) is 6.07 Å². The van der Waals surface area contributed by atoms with Gasteiger partial charge in [0.2, 0.25) is 0 Å². The van der Waals surface area contributed by atoms with Gasteiger partial charge in [-0.05, 0) is 43.1 Å². The van der Waals surface area contributed by atoms with E-state index in [1.54, 1.807) is 0 Å². The van der Waals surface area contributed by atoms with E-state index in [9.17, 15) is 0 Å². The van der Waals surface area contributed by atoms with Gasteiger partial charge in [0.25, 0.3) is 0 Å². The number of aryl methyl sites for hydroxylation is 1. The van der Waals surface area contributed by atoms with Gasteiger partial charge in [-0.3, -0.25) is 0 Å². The number of nitrogens with one attached hydrogen (secondary N) is 1. The summed E-state index contributed by atoms with van der Waals surface area (Å²) in [6.45, 7) is 8.48. The summed E-state index contributed by atoms with van der Waals surface area (Å²) in [5.74, 6) is 0. The predicted molar refractivity (Wildman–Crippen MR) is 79.6 cm³/mol. The van der Waals surface area contributed by atoms with Crippen molar-refractivity contribution in [1.29, 1.82) is 5.26 Å². The van der Waals surface area contributed by atoms with Gasteiger partial charge in [0.15, 0.2) is 0 Å². The smallest absolute Gasteiger partial charge is 0.0622 e. The van der Waals surface area contributed by atoms with Crippen LogP contribution in [0.4, 0.5) is 0 Å². The average molecular weight is 309 g/mol. The molecule has 0 saturated carbocycles. The number of nitrogens with zero attached hydrogens (tertiary/aromatic N) is 1. The fourth-order valence-electron chi connectivity index (χ4n) is 2.11. The summed E-state index contributed by atoms with van der Waals surface area (Å²) in [5, 5.41) is 11.9. The molecule has 0 aliphatic carbocycles. The van der Waals surface area contributed by atoms with Crippen LogP contribution in [-0.4, -0.2) is 13.1 Å². The summed E-state index contributed by atoms with van der Waals surface area (Å²) in [7, 11) is 0. The Morgan fingerprint density at radius 2 is 2.11 bits per heavy atom. The summed E-state index contributed by atoms with van der Waals surface area (Å²) >= 11 is 3.53. The van der Waals surface area contributed by atoms with E-state index < -0.39 is 0 Å². The second-order valence-electron chi connectivity index (χ2n) is 5.28. The predicted octanol–water partition coefficient (Wildman–Crippen LogP) is 3.93. The Labute approximate surface area is 119 Å². The Morgan fingerprint density at radius 3 is 2.78 bits per heavy atom. The normalized spacial score (nSPS) is 11.3. The molecule has 98 valence electrons. The number of unbranched alkanes of at least 4 members (excludes halogenated alkanes) is 1. The molecule has 0 aliphatic heterocycles. The summed E-state index contributed by atoms with van der Waals surface area (Å²) in [6, 6.07) is 8.60. The van der Waals surface area contributed by atoms with Crippen molar-refractivity contribution in [3.63, 3.8) is 0 Å². The lowest BCUT2D eigenvalue weighted by molar-refractivity contribution is 0.465. The van der Waals surface area contributed by atoms with Gasteiger partial charge in [0.05, 0.1) is 6.07 Å². The minimum atomic E-state index is 0.0977. The van der Waals surface area contributed by atoms with Crippen LogP contribution >= 0.6 is 15.9 Å². The molecule has 2 nitrogen and oxygen atoms in total. The van der Waals surface area contributed by atoms with Crippen LogP contribution in [-0.2, 0) is 5.41 Å². The average Bonchev–Trinajstić information content (AvgIpc) is 2.32. The van der Waals surface area contributed by atoms with Gasteiger partial charge in [-0.1, -0.05) is 35.8 Å². The van der Waals surface area contributed by atoms with Crippen molar-refractivity contribution >= 4 is 15.9 Å². The molecule has 0 heterocycles. The summed E-state index contributed by atoms with van der Waals surface area (Å²) in [4.78, 5) is 0. The quantitative estimate of drug-likeness (QED) is 0.808. The van der Waals surface area contributed by atoms with E-state index in [0.717, 1.165) is 24.0 Å². The standard InChI is InChI=1S/C15H21BrN2/c1-12-6-7-13(16)10-14(12)15(2,3)11-18-9-5-4-8-17/h6-7,10,18H,4-5,9,11H2,1-3H3. The maximum atomic E-state index is 8.49. The lowest BCUT2D eigenvalue weighted by atomic mass is 9.82. The third kappa shape index (κ3) is 4.44. The molecule has 0 amide bonds. The highest BCUT2D eigenvalue weighted by Crippen LogP contribution is 2.28. The Morgan fingerprint density at radius 1 is 1.39 bits per heavy atom. The van der Waals surface area contributed by atoms with Gasteiger partial charge in [-0.2, -0.15) is 5.26 Å². The molecule has 0 bridgehead atoms. The second-order valence-corrected chi connectivity index (χ2v) is 6.20. The third-order valence-corrected chi connectivity index (χ3v) is 3.63. The molecule has 1 N–H and O–H groups in total. The summed E-state index contributed by atoms with van der Waals surface area (Å²) in [6.07, 6.45) is 1.55. The van der Waals surface area contributed by atoms with Gasteiger partial charge < -0.3 is 5.32 Å². The zero-order valence-electron chi connectivity index (χ0n) is 11.4. The Balaban J connectivity index is 2.62. The third-order valence-electron chi connectivity index (χ3n) is 3.14. The van der Waals surface area contributed by atoms with Crippen molar-refractivity contribution in [2.24, 2.45) is 0 Å². The second kappa shape index (κ2) is 6.92. The van der Waals surface area contributed by atoms with Gasteiger partial charge in [-0.25, -0.2) is 0 Å². The fourth-order valence-corrected chi connectivity index (χ4v) is 2.47. The topological polar surface area (TPSA) is 35.8 Å². The van der Waals surface area contributed by atoms with Crippen LogP contribution < -0.4 is 5.32 Å². The molecule has 3 heteroatoms. The van der Waals surface area contributed by atoms with Crippen LogP contribution in [0.25, 0.3) is 0 Å². The highest BCUT2D eigenvalue weighted by molar-refractivity contribution is 9.10. The summed E-state index contributed by atoms with van der Waals surface area (Å²) < 4.78 is 1.13. The van der Waals surface area contributed by atoms with E-state index in [1.165, 1.54) is 11.1 Å². The van der Waals surface area contributed by atoms with E-state index in [2.05, 4.69) is 66.3 Å². The number of hydrogen-bond acceptors (Lipinski definition) is 2. The van der Waals surface area contributed by atoms with Gasteiger partial charge in [0, 0.05) is 22.9 Å². The lowest BCUT2D eigenvalue weighted by Gasteiger charge is -2.28. The van der Waals surface area contributed by atoms with Gasteiger partial charge in [0.1, 0.15) is 0 Å². The molecule has 1 aromatic rings. The Kier molecular flexibility index (Phi) is 5.84. The molecular formula is C15H21BrN2. The number of rotatable bonds is 6. The summed E-state index contributed by atoms with van der Waals surface area (Å²) in [5.41, 5.74) is 2.78. The highest BCUT2D eigenvalue weighted by atomic mass is 79.9. The fraction of sp³-hybridized carbons (Fsp3) is 0.533. The largest absolute Gasteiger partial charge is 0.316 e. The molecule has 0 aromatic heterocycles. The van der Waals surface area contributed by atoms with Gasteiger partial charge >= 0.3 is 0 Å². The molecule has 0 fully saturated rings. The van der Waals surface area contributed by atoms with Crippen LogP contribution in [0.3, 0.4) is 0 Å². The van der Waals surface area contributed by atoms with E-state index in [0.29, 0.717) is 6.42 Å².